The van der Waals surface area contributed by atoms with Crippen LogP contribution in [0, 0.1) is 0 Å². The molecule has 144 valence electrons. The molecule has 1 aliphatic rings. The van der Waals surface area contributed by atoms with Gasteiger partial charge in [-0.05, 0) is 61.2 Å². The first-order valence-corrected chi connectivity index (χ1v) is 9.62. The highest BCUT2D eigenvalue weighted by Crippen LogP contribution is 2.21. The Bertz CT molecular complexity index is 707. The second-order valence-electron chi connectivity index (χ2n) is 6.73. The standard InChI is InChI=1S/C22H28N2O3/c1-26-20-9-11-21(12-10-20)27-17-14-23-22(25)13-6-18-4-7-19(8-5-18)24-15-2-3-16-24/h4-5,7-12H,2-3,6,13-17H2,1H3,(H,23,25). The molecule has 1 amide bonds. The summed E-state index contributed by atoms with van der Waals surface area (Å²) in [4.78, 5) is 14.4. The van der Waals surface area contributed by atoms with Gasteiger partial charge in [0.2, 0.25) is 5.91 Å². The maximum atomic E-state index is 12.0. The summed E-state index contributed by atoms with van der Waals surface area (Å²) < 4.78 is 10.7. The number of nitrogens with one attached hydrogen (secondary N) is 1. The van der Waals surface area contributed by atoms with Crippen LogP contribution in [0.25, 0.3) is 0 Å². The largest absolute Gasteiger partial charge is 0.497 e. The molecular weight excluding hydrogens is 340 g/mol. The van der Waals surface area contributed by atoms with Crippen molar-refractivity contribution in [3.63, 3.8) is 0 Å². The number of anilines is 1. The summed E-state index contributed by atoms with van der Waals surface area (Å²) >= 11 is 0. The Morgan fingerprint density at radius 2 is 1.67 bits per heavy atom. The molecule has 0 unspecified atom stereocenters. The van der Waals surface area contributed by atoms with Gasteiger partial charge in [-0.1, -0.05) is 12.1 Å². The van der Waals surface area contributed by atoms with Gasteiger partial charge in [-0.25, -0.2) is 0 Å². The molecule has 5 nitrogen and oxygen atoms in total. The van der Waals surface area contributed by atoms with Crippen molar-refractivity contribution in [1.29, 1.82) is 0 Å². The Morgan fingerprint density at radius 1 is 1.00 bits per heavy atom. The molecule has 1 aliphatic heterocycles. The van der Waals surface area contributed by atoms with E-state index < -0.39 is 0 Å². The third-order valence-corrected chi connectivity index (χ3v) is 4.80. The third kappa shape index (κ3) is 5.91. The van der Waals surface area contributed by atoms with E-state index in [1.165, 1.54) is 24.1 Å². The number of amides is 1. The van der Waals surface area contributed by atoms with E-state index in [-0.39, 0.29) is 5.91 Å². The van der Waals surface area contributed by atoms with E-state index in [2.05, 4.69) is 34.5 Å². The van der Waals surface area contributed by atoms with Gasteiger partial charge in [-0.3, -0.25) is 4.79 Å². The molecule has 0 aliphatic carbocycles. The monoisotopic (exact) mass is 368 g/mol. The first-order valence-electron chi connectivity index (χ1n) is 9.62. The first-order chi connectivity index (χ1) is 13.2. The van der Waals surface area contributed by atoms with Crippen LogP contribution in [-0.2, 0) is 11.2 Å². The lowest BCUT2D eigenvalue weighted by Gasteiger charge is -2.17. The molecule has 1 saturated heterocycles. The first kappa shape index (κ1) is 19.1. The van der Waals surface area contributed by atoms with Gasteiger partial charge in [0.05, 0.1) is 13.7 Å². The topological polar surface area (TPSA) is 50.8 Å². The van der Waals surface area contributed by atoms with Crippen molar-refractivity contribution in [2.45, 2.75) is 25.7 Å². The SMILES string of the molecule is COc1ccc(OCCNC(=O)CCc2ccc(N3CCCC3)cc2)cc1. The zero-order valence-electron chi connectivity index (χ0n) is 15.9. The molecule has 2 aromatic rings. The number of ether oxygens (including phenoxy) is 2. The number of carbonyl (C=O) groups is 1. The highest BCUT2D eigenvalue weighted by atomic mass is 16.5. The average molecular weight is 368 g/mol. The predicted molar refractivity (Wildman–Crippen MR) is 108 cm³/mol. The summed E-state index contributed by atoms with van der Waals surface area (Å²) in [6, 6.07) is 16.0. The lowest BCUT2D eigenvalue weighted by Crippen LogP contribution is -2.28. The molecule has 0 atom stereocenters. The van der Waals surface area contributed by atoms with Crippen LogP contribution in [0.15, 0.2) is 48.5 Å². The molecule has 0 aromatic heterocycles. The van der Waals surface area contributed by atoms with Crippen LogP contribution in [0.5, 0.6) is 11.5 Å². The lowest BCUT2D eigenvalue weighted by atomic mass is 10.1. The van der Waals surface area contributed by atoms with Crippen molar-refractivity contribution in [2.24, 2.45) is 0 Å². The van der Waals surface area contributed by atoms with Gasteiger partial charge in [-0.2, -0.15) is 0 Å². The maximum absolute atomic E-state index is 12.0. The second-order valence-corrected chi connectivity index (χ2v) is 6.73. The minimum Gasteiger partial charge on any atom is -0.497 e. The van der Waals surface area contributed by atoms with E-state index in [1.54, 1.807) is 7.11 Å². The number of hydrogen-bond donors (Lipinski definition) is 1. The van der Waals surface area contributed by atoms with Crippen LogP contribution in [0.1, 0.15) is 24.8 Å². The van der Waals surface area contributed by atoms with E-state index in [0.29, 0.717) is 19.6 Å². The van der Waals surface area contributed by atoms with E-state index in [1.807, 2.05) is 24.3 Å². The highest BCUT2D eigenvalue weighted by Gasteiger charge is 2.11. The molecule has 0 saturated carbocycles. The van der Waals surface area contributed by atoms with E-state index >= 15 is 0 Å². The number of carbonyl (C=O) groups excluding carboxylic acids is 1. The van der Waals surface area contributed by atoms with Gasteiger partial charge >= 0.3 is 0 Å². The Hall–Kier alpha value is -2.69. The van der Waals surface area contributed by atoms with Crippen molar-refractivity contribution in [1.82, 2.24) is 5.32 Å². The summed E-state index contributed by atoms with van der Waals surface area (Å²) in [5.41, 5.74) is 2.49. The smallest absolute Gasteiger partial charge is 0.220 e. The van der Waals surface area contributed by atoms with Gasteiger partial charge in [0.1, 0.15) is 18.1 Å². The van der Waals surface area contributed by atoms with Crippen LogP contribution >= 0.6 is 0 Å². The molecule has 27 heavy (non-hydrogen) atoms. The fraction of sp³-hybridized carbons (Fsp3) is 0.409. The summed E-state index contributed by atoms with van der Waals surface area (Å²) in [6.07, 6.45) is 3.81. The second kappa shape index (κ2) is 9.86. The molecule has 1 fully saturated rings. The number of rotatable bonds is 9. The van der Waals surface area contributed by atoms with Gasteiger partial charge < -0.3 is 19.7 Å². The number of hydrogen-bond acceptors (Lipinski definition) is 4. The molecule has 0 bridgehead atoms. The molecule has 1 N–H and O–H groups in total. The summed E-state index contributed by atoms with van der Waals surface area (Å²) in [7, 11) is 1.63. The third-order valence-electron chi connectivity index (χ3n) is 4.80. The Kier molecular flexibility index (Phi) is 6.97. The fourth-order valence-corrected chi connectivity index (χ4v) is 3.23. The van der Waals surface area contributed by atoms with Crippen molar-refractivity contribution in [3.8, 4) is 11.5 Å². The van der Waals surface area contributed by atoms with E-state index in [9.17, 15) is 4.79 Å². The zero-order chi connectivity index (χ0) is 18.9. The summed E-state index contributed by atoms with van der Waals surface area (Å²) in [5.74, 6) is 1.62. The van der Waals surface area contributed by atoms with Crippen LogP contribution in [-0.4, -0.2) is 39.3 Å². The average Bonchev–Trinajstić information content (AvgIpc) is 3.25. The number of benzene rings is 2. The fourth-order valence-electron chi connectivity index (χ4n) is 3.23. The van der Waals surface area contributed by atoms with Crippen LogP contribution in [0.2, 0.25) is 0 Å². The van der Waals surface area contributed by atoms with Gasteiger partial charge in [0, 0.05) is 25.2 Å². The van der Waals surface area contributed by atoms with Crippen LogP contribution in [0.3, 0.4) is 0 Å². The maximum Gasteiger partial charge on any atom is 0.220 e. The zero-order valence-corrected chi connectivity index (χ0v) is 15.9. The molecule has 1 heterocycles. The highest BCUT2D eigenvalue weighted by molar-refractivity contribution is 5.76. The Labute approximate surface area is 161 Å². The minimum absolute atomic E-state index is 0.0527. The Morgan fingerprint density at radius 3 is 2.33 bits per heavy atom. The lowest BCUT2D eigenvalue weighted by molar-refractivity contribution is -0.121. The van der Waals surface area contributed by atoms with Crippen molar-refractivity contribution in [3.05, 3.63) is 54.1 Å². The van der Waals surface area contributed by atoms with E-state index in [4.69, 9.17) is 9.47 Å². The molecular formula is C22H28N2O3. The molecule has 3 rings (SSSR count). The van der Waals surface area contributed by atoms with E-state index in [0.717, 1.165) is 31.0 Å². The summed E-state index contributed by atoms with van der Waals surface area (Å²) in [6.45, 7) is 3.25. The molecule has 5 heteroatoms. The quantitative estimate of drug-likeness (QED) is 0.689. The van der Waals surface area contributed by atoms with Crippen LogP contribution in [0.4, 0.5) is 5.69 Å². The molecule has 0 spiro atoms. The van der Waals surface area contributed by atoms with Crippen LogP contribution < -0.4 is 19.7 Å². The number of aryl methyl sites for hydroxylation is 1. The van der Waals surface area contributed by atoms with Gasteiger partial charge in [0.15, 0.2) is 0 Å². The normalized spacial score (nSPS) is 13.4. The van der Waals surface area contributed by atoms with Crippen molar-refractivity contribution in [2.75, 3.05) is 38.3 Å². The van der Waals surface area contributed by atoms with Gasteiger partial charge in [0.25, 0.3) is 0 Å². The molecule has 2 aromatic carbocycles. The minimum atomic E-state index is 0.0527. The molecule has 0 radical (unpaired) electrons. The number of methoxy groups -OCH3 is 1. The Balaban J connectivity index is 1.32. The summed E-state index contributed by atoms with van der Waals surface area (Å²) in [5, 5.41) is 2.90. The van der Waals surface area contributed by atoms with Gasteiger partial charge in [-0.15, -0.1) is 0 Å². The number of nitrogens with zero attached hydrogens (tertiary/aromatic N) is 1. The van der Waals surface area contributed by atoms with Crippen molar-refractivity contribution < 1.29 is 14.3 Å². The van der Waals surface area contributed by atoms with Crippen molar-refractivity contribution >= 4 is 11.6 Å². The predicted octanol–water partition coefficient (Wildman–Crippen LogP) is 3.42.